The Morgan fingerprint density at radius 3 is 2.41 bits per heavy atom. The molecule has 0 atom stereocenters. The van der Waals surface area contributed by atoms with E-state index in [-0.39, 0.29) is 0 Å². The lowest BCUT2D eigenvalue weighted by atomic mass is 9.99. The lowest BCUT2D eigenvalue weighted by molar-refractivity contribution is 0.415. The van der Waals surface area contributed by atoms with E-state index in [1.807, 2.05) is 42.5 Å². The van der Waals surface area contributed by atoms with Crippen LogP contribution in [-0.4, -0.2) is 7.11 Å². The summed E-state index contributed by atoms with van der Waals surface area (Å²) in [5.74, 6) is 0.826. The SMILES string of the molecule is COc1ccc(CN)c(-c2ccc(Cl)cc2)c1. The first kappa shape index (κ1) is 12.0. The molecule has 2 rings (SSSR count). The fourth-order valence-electron chi connectivity index (χ4n) is 1.76. The lowest BCUT2D eigenvalue weighted by Crippen LogP contribution is -1.99. The van der Waals surface area contributed by atoms with Crippen LogP contribution in [-0.2, 0) is 6.54 Å². The molecule has 88 valence electrons. The van der Waals surface area contributed by atoms with E-state index in [1.165, 1.54) is 0 Å². The highest BCUT2D eigenvalue weighted by Gasteiger charge is 2.05. The molecule has 2 aromatic carbocycles. The number of halogens is 1. The Bertz CT molecular complexity index is 508. The molecule has 2 N–H and O–H groups in total. The number of nitrogens with two attached hydrogens (primary N) is 1. The van der Waals surface area contributed by atoms with Crippen molar-refractivity contribution in [3.05, 3.63) is 53.1 Å². The minimum Gasteiger partial charge on any atom is -0.497 e. The van der Waals surface area contributed by atoms with E-state index in [0.717, 1.165) is 27.5 Å². The second-order valence-electron chi connectivity index (χ2n) is 3.73. The van der Waals surface area contributed by atoms with Gasteiger partial charge < -0.3 is 10.5 Å². The molecule has 3 heteroatoms. The van der Waals surface area contributed by atoms with Crippen molar-refractivity contribution in [3.63, 3.8) is 0 Å². The zero-order valence-corrected chi connectivity index (χ0v) is 10.4. The summed E-state index contributed by atoms with van der Waals surface area (Å²) < 4.78 is 5.23. The third kappa shape index (κ3) is 2.60. The largest absolute Gasteiger partial charge is 0.497 e. The van der Waals surface area contributed by atoms with Gasteiger partial charge in [-0.1, -0.05) is 29.8 Å². The topological polar surface area (TPSA) is 35.2 Å². The molecular weight excluding hydrogens is 234 g/mol. The Balaban J connectivity index is 2.51. The smallest absolute Gasteiger partial charge is 0.119 e. The number of benzene rings is 2. The Hall–Kier alpha value is -1.51. The molecule has 0 aromatic heterocycles. The molecule has 0 bridgehead atoms. The van der Waals surface area contributed by atoms with E-state index in [9.17, 15) is 0 Å². The standard InChI is InChI=1S/C14H14ClNO/c1-17-13-7-4-11(9-16)14(8-13)10-2-5-12(15)6-3-10/h2-8H,9,16H2,1H3. The first-order valence-electron chi connectivity index (χ1n) is 5.37. The summed E-state index contributed by atoms with van der Waals surface area (Å²) in [5.41, 5.74) is 9.01. The van der Waals surface area contributed by atoms with Crippen LogP contribution >= 0.6 is 11.6 Å². The third-order valence-electron chi connectivity index (χ3n) is 2.69. The van der Waals surface area contributed by atoms with Crippen molar-refractivity contribution in [3.8, 4) is 16.9 Å². The Kier molecular flexibility index (Phi) is 3.67. The summed E-state index contributed by atoms with van der Waals surface area (Å²) in [6.45, 7) is 0.502. The van der Waals surface area contributed by atoms with Crippen molar-refractivity contribution in [1.82, 2.24) is 0 Å². The van der Waals surface area contributed by atoms with Gasteiger partial charge in [-0.15, -0.1) is 0 Å². The minimum atomic E-state index is 0.502. The normalized spacial score (nSPS) is 10.3. The monoisotopic (exact) mass is 247 g/mol. The van der Waals surface area contributed by atoms with Crippen LogP contribution in [0.3, 0.4) is 0 Å². The molecule has 17 heavy (non-hydrogen) atoms. The van der Waals surface area contributed by atoms with Crippen LogP contribution in [0.2, 0.25) is 5.02 Å². The molecule has 0 aliphatic heterocycles. The summed E-state index contributed by atoms with van der Waals surface area (Å²) in [4.78, 5) is 0. The van der Waals surface area contributed by atoms with Crippen LogP contribution in [0.15, 0.2) is 42.5 Å². The van der Waals surface area contributed by atoms with Gasteiger partial charge in [-0.25, -0.2) is 0 Å². The molecule has 0 amide bonds. The van der Waals surface area contributed by atoms with Crippen LogP contribution in [0.1, 0.15) is 5.56 Å². The van der Waals surface area contributed by atoms with E-state index in [1.54, 1.807) is 7.11 Å². The predicted octanol–water partition coefficient (Wildman–Crippen LogP) is 3.47. The Morgan fingerprint density at radius 2 is 1.82 bits per heavy atom. The van der Waals surface area contributed by atoms with Gasteiger partial charge >= 0.3 is 0 Å². The summed E-state index contributed by atoms with van der Waals surface area (Å²) in [6.07, 6.45) is 0. The molecule has 2 aromatic rings. The zero-order valence-electron chi connectivity index (χ0n) is 9.61. The van der Waals surface area contributed by atoms with Crippen LogP contribution in [0, 0.1) is 0 Å². The molecule has 0 unspecified atom stereocenters. The van der Waals surface area contributed by atoms with E-state index in [0.29, 0.717) is 6.54 Å². The van der Waals surface area contributed by atoms with Gasteiger partial charge in [0.2, 0.25) is 0 Å². The Labute approximate surface area is 106 Å². The van der Waals surface area contributed by atoms with E-state index < -0.39 is 0 Å². The lowest BCUT2D eigenvalue weighted by Gasteiger charge is -2.10. The Morgan fingerprint density at radius 1 is 1.12 bits per heavy atom. The van der Waals surface area contributed by atoms with Gasteiger partial charge in [0.05, 0.1) is 7.11 Å². The van der Waals surface area contributed by atoms with E-state index in [2.05, 4.69) is 0 Å². The van der Waals surface area contributed by atoms with E-state index in [4.69, 9.17) is 22.1 Å². The van der Waals surface area contributed by atoms with Crippen molar-refractivity contribution in [1.29, 1.82) is 0 Å². The molecule has 0 saturated heterocycles. The van der Waals surface area contributed by atoms with Crippen molar-refractivity contribution in [2.24, 2.45) is 5.73 Å². The number of hydrogen-bond acceptors (Lipinski definition) is 2. The van der Waals surface area contributed by atoms with Crippen LogP contribution in [0.5, 0.6) is 5.75 Å². The second-order valence-corrected chi connectivity index (χ2v) is 4.17. The first-order chi connectivity index (χ1) is 8.24. The van der Waals surface area contributed by atoms with Crippen molar-refractivity contribution in [2.45, 2.75) is 6.54 Å². The molecule has 0 radical (unpaired) electrons. The fourth-order valence-corrected chi connectivity index (χ4v) is 1.88. The van der Waals surface area contributed by atoms with Gasteiger partial charge in [0, 0.05) is 11.6 Å². The van der Waals surface area contributed by atoms with E-state index >= 15 is 0 Å². The van der Waals surface area contributed by atoms with Gasteiger partial charge in [0.25, 0.3) is 0 Å². The first-order valence-corrected chi connectivity index (χ1v) is 5.75. The molecular formula is C14H14ClNO. The average molecular weight is 248 g/mol. The number of ether oxygens (including phenoxy) is 1. The van der Waals surface area contributed by atoms with Gasteiger partial charge in [0.15, 0.2) is 0 Å². The molecule has 0 spiro atoms. The maximum Gasteiger partial charge on any atom is 0.119 e. The molecule has 2 nitrogen and oxygen atoms in total. The van der Waals surface area contributed by atoms with Crippen molar-refractivity contribution < 1.29 is 4.74 Å². The summed E-state index contributed by atoms with van der Waals surface area (Å²) in [5, 5.41) is 0.728. The summed E-state index contributed by atoms with van der Waals surface area (Å²) >= 11 is 5.88. The van der Waals surface area contributed by atoms with Crippen LogP contribution in [0.4, 0.5) is 0 Å². The molecule has 0 aliphatic rings. The highest BCUT2D eigenvalue weighted by atomic mass is 35.5. The van der Waals surface area contributed by atoms with Crippen molar-refractivity contribution in [2.75, 3.05) is 7.11 Å². The molecule has 0 heterocycles. The van der Waals surface area contributed by atoms with Crippen LogP contribution in [0.25, 0.3) is 11.1 Å². The highest BCUT2D eigenvalue weighted by Crippen LogP contribution is 2.28. The maximum absolute atomic E-state index is 5.88. The minimum absolute atomic E-state index is 0.502. The maximum atomic E-state index is 5.88. The van der Waals surface area contributed by atoms with Gasteiger partial charge in [-0.05, 0) is 41.0 Å². The van der Waals surface area contributed by atoms with Gasteiger partial charge in [-0.3, -0.25) is 0 Å². The van der Waals surface area contributed by atoms with Crippen LogP contribution < -0.4 is 10.5 Å². The fraction of sp³-hybridized carbons (Fsp3) is 0.143. The third-order valence-corrected chi connectivity index (χ3v) is 2.94. The summed E-state index contributed by atoms with van der Waals surface area (Å²) in [7, 11) is 1.66. The predicted molar refractivity (Wildman–Crippen MR) is 71.3 cm³/mol. The van der Waals surface area contributed by atoms with Gasteiger partial charge in [0.1, 0.15) is 5.75 Å². The number of methoxy groups -OCH3 is 1. The molecule has 0 aliphatic carbocycles. The molecule has 0 fully saturated rings. The summed E-state index contributed by atoms with van der Waals surface area (Å²) in [6, 6.07) is 13.6. The average Bonchev–Trinajstić information content (AvgIpc) is 2.39. The van der Waals surface area contributed by atoms with Gasteiger partial charge in [-0.2, -0.15) is 0 Å². The highest BCUT2D eigenvalue weighted by molar-refractivity contribution is 6.30. The zero-order chi connectivity index (χ0) is 12.3. The number of rotatable bonds is 3. The number of hydrogen-bond donors (Lipinski definition) is 1. The quantitative estimate of drug-likeness (QED) is 0.901. The second kappa shape index (κ2) is 5.21. The molecule has 0 saturated carbocycles. The van der Waals surface area contributed by atoms with Crippen molar-refractivity contribution >= 4 is 11.6 Å².